The topological polar surface area (TPSA) is 80.2 Å². The van der Waals surface area contributed by atoms with Crippen molar-refractivity contribution in [2.75, 3.05) is 38.3 Å². The number of carbonyl (C=O) groups excluding carboxylic acids is 1. The van der Waals surface area contributed by atoms with Crippen LogP contribution in [0.1, 0.15) is 24.2 Å². The molecule has 0 saturated carbocycles. The van der Waals surface area contributed by atoms with Crippen molar-refractivity contribution < 1.29 is 9.53 Å². The van der Waals surface area contributed by atoms with Crippen molar-refractivity contribution in [3.05, 3.63) is 23.7 Å². The number of carbonyl (C=O) groups is 1. The fourth-order valence-electron chi connectivity index (χ4n) is 3.12. The van der Waals surface area contributed by atoms with Gasteiger partial charge in [-0.2, -0.15) is 0 Å². The Morgan fingerprint density at radius 2 is 2.16 bits per heavy atom. The highest BCUT2D eigenvalue weighted by Crippen LogP contribution is 2.25. The number of amides is 1. The van der Waals surface area contributed by atoms with Crippen LogP contribution in [0.3, 0.4) is 0 Å². The maximum Gasteiger partial charge on any atom is 0.224 e. The fourth-order valence-corrected chi connectivity index (χ4v) is 3.12. The van der Waals surface area contributed by atoms with Gasteiger partial charge >= 0.3 is 0 Å². The average Bonchev–Trinajstić information content (AvgIpc) is 2.62. The molecule has 1 N–H and O–H groups in total. The van der Waals surface area contributed by atoms with E-state index >= 15 is 0 Å². The number of aromatic nitrogens is 3. The van der Waals surface area contributed by atoms with Gasteiger partial charge in [0.15, 0.2) is 5.65 Å². The predicted octanol–water partition coefficient (Wildman–Crippen LogP) is 1.62. The van der Waals surface area contributed by atoms with Gasteiger partial charge in [0, 0.05) is 26.7 Å². The molecule has 7 heteroatoms. The van der Waals surface area contributed by atoms with Crippen LogP contribution in [0.15, 0.2) is 12.3 Å². The first-order chi connectivity index (χ1) is 12.1. The zero-order valence-electron chi connectivity index (χ0n) is 15.1. The summed E-state index contributed by atoms with van der Waals surface area (Å²) in [6.45, 7) is 6.61. The van der Waals surface area contributed by atoms with Gasteiger partial charge in [-0.15, -0.1) is 0 Å². The lowest BCUT2D eigenvalue weighted by molar-refractivity contribution is -0.125. The fraction of sp³-hybridized carbons (Fsp3) is 0.556. The van der Waals surface area contributed by atoms with Gasteiger partial charge in [-0.25, -0.2) is 15.0 Å². The number of piperidine rings is 1. The summed E-state index contributed by atoms with van der Waals surface area (Å²) in [7, 11) is 1.63. The highest BCUT2D eigenvalue weighted by molar-refractivity contribution is 5.80. The summed E-state index contributed by atoms with van der Waals surface area (Å²) in [5.41, 5.74) is 4.28. The predicted molar refractivity (Wildman–Crippen MR) is 96.6 cm³/mol. The van der Waals surface area contributed by atoms with Gasteiger partial charge in [0.05, 0.1) is 35.8 Å². The third-order valence-electron chi connectivity index (χ3n) is 4.68. The average molecular weight is 343 g/mol. The smallest absolute Gasteiger partial charge is 0.224 e. The minimum absolute atomic E-state index is 0.00728. The molecule has 2 aromatic rings. The van der Waals surface area contributed by atoms with Crippen LogP contribution in [-0.4, -0.2) is 54.2 Å². The van der Waals surface area contributed by atoms with Crippen LogP contribution in [-0.2, 0) is 9.53 Å². The quantitative estimate of drug-likeness (QED) is 0.831. The number of methoxy groups -OCH3 is 1. The Kier molecular flexibility index (Phi) is 5.43. The number of rotatable bonds is 5. The molecule has 7 nitrogen and oxygen atoms in total. The van der Waals surface area contributed by atoms with Crippen LogP contribution >= 0.6 is 0 Å². The van der Waals surface area contributed by atoms with E-state index in [1.165, 1.54) is 0 Å². The van der Waals surface area contributed by atoms with E-state index < -0.39 is 0 Å². The van der Waals surface area contributed by atoms with Crippen molar-refractivity contribution in [1.82, 2.24) is 20.3 Å². The van der Waals surface area contributed by atoms with Gasteiger partial charge in [0.25, 0.3) is 0 Å². The number of anilines is 1. The number of hydrogen-bond acceptors (Lipinski definition) is 6. The van der Waals surface area contributed by atoms with Crippen molar-refractivity contribution in [1.29, 1.82) is 0 Å². The molecule has 1 saturated heterocycles. The summed E-state index contributed by atoms with van der Waals surface area (Å²) < 4.78 is 4.98. The molecule has 1 aliphatic rings. The van der Waals surface area contributed by atoms with E-state index in [0.29, 0.717) is 25.3 Å². The number of ether oxygens (including phenoxy) is 1. The molecule has 0 unspecified atom stereocenters. The maximum atomic E-state index is 12.3. The third-order valence-corrected chi connectivity index (χ3v) is 4.68. The molecule has 3 rings (SSSR count). The minimum Gasteiger partial charge on any atom is -0.383 e. The van der Waals surface area contributed by atoms with Crippen LogP contribution in [0, 0.1) is 19.8 Å². The Labute approximate surface area is 147 Å². The zero-order valence-corrected chi connectivity index (χ0v) is 15.1. The first-order valence-corrected chi connectivity index (χ1v) is 8.71. The van der Waals surface area contributed by atoms with Crippen LogP contribution in [0.4, 0.5) is 5.69 Å². The zero-order chi connectivity index (χ0) is 17.8. The number of fused-ring (bicyclic) bond motifs is 1. The van der Waals surface area contributed by atoms with Gasteiger partial charge in [-0.3, -0.25) is 4.79 Å². The monoisotopic (exact) mass is 343 g/mol. The van der Waals surface area contributed by atoms with Crippen molar-refractivity contribution in [2.45, 2.75) is 26.7 Å². The standard InChI is InChI=1S/C18H25N5O2/c1-12-13(2)22-17-16(21-12)9-15(10-20-17)23-7-4-5-14(11-23)18(24)19-6-8-25-3/h9-10,14H,4-8,11H2,1-3H3,(H,19,24)/t14-/m0/s1. The van der Waals surface area contributed by atoms with E-state index in [0.717, 1.165) is 42.0 Å². The number of hydrogen-bond donors (Lipinski definition) is 1. The van der Waals surface area contributed by atoms with Crippen molar-refractivity contribution in [3.8, 4) is 0 Å². The molecule has 0 aromatic carbocycles. The molecule has 25 heavy (non-hydrogen) atoms. The van der Waals surface area contributed by atoms with Crippen LogP contribution in [0.5, 0.6) is 0 Å². The van der Waals surface area contributed by atoms with E-state index in [-0.39, 0.29) is 11.8 Å². The number of nitrogens with zero attached hydrogens (tertiary/aromatic N) is 4. The SMILES string of the molecule is COCCNC(=O)[C@H]1CCCN(c2cnc3nc(C)c(C)nc3c2)C1. The summed E-state index contributed by atoms with van der Waals surface area (Å²) >= 11 is 0. The Morgan fingerprint density at radius 3 is 2.96 bits per heavy atom. The summed E-state index contributed by atoms with van der Waals surface area (Å²) in [5.74, 6) is 0.0916. The van der Waals surface area contributed by atoms with Gasteiger partial charge < -0.3 is 15.0 Å². The van der Waals surface area contributed by atoms with Crippen molar-refractivity contribution >= 4 is 22.8 Å². The van der Waals surface area contributed by atoms with Crippen LogP contribution < -0.4 is 10.2 Å². The Hall–Kier alpha value is -2.28. The van der Waals surface area contributed by atoms with E-state index in [1.54, 1.807) is 7.11 Å². The number of aryl methyl sites for hydroxylation is 2. The van der Waals surface area contributed by atoms with E-state index in [9.17, 15) is 4.79 Å². The van der Waals surface area contributed by atoms with Crippen molar-refractivity contribution in [2.24, 2.45) is 5.92 Å². The molecule has 1 amide bonds. The normalized spacial score (nSPS) is 17.7. The molecule has 1 aliphatic heterocycles. The molecule has 134 valence electrons. The lowest BCUT2D eigenvalue weighted by Crippen LogP contribution is -2.43. The first kappa shape index (κ1) is 17.5. The van der Waals surface area contributed by atoms with Gasteiger partial charge in [-0.1, -0.05) is 0 Å². The van der Waals surface area contributed by atoms with E-state index in [1.807, 2.05) is 26.1 Å². The number of pyridine rings is 1. The summed E-state index contributed by atoms with van der Waals surface area (Å²) in [5, 5.41) is 2.94. The maximum absolute atomic E-state index is 12.3. The molecule has 0 bridgehead atoms. The van der Waals surface area contributed by atoms with Gasteiger partial charge in [0.1, 0.15) is 5.52 Å². The molecule has 1 atom stereocenters. The van der Waals surface area contributed by atoms with Gasteiger partial charge in [-0.05, 0) is 32.8 Å². The summed E-state index contributed by atoms with van der Waals surface area (Å²) in [4.78, 5) is 28.1. The Bertz CT molecular complexity index is 764. The Balaban J connectivity index is 1.73. The summed E-state index contributed by atoms with van der Waals surface area (Å²) in [6.07, 6.45) is 3.73. The lowest BCUT2D eigenvalue weighted by atomic mass is 9.97. The molecule has 3 heterocycles. The molecular formula is C18H25N5O2. The first-order valence-electron chi connectivity index (χ1n) is 8.71. The molecule has 0 spiro atoms. The highest BCUT2D eigenvalue weighted by Gasteiger charge is 2.26. The van der Waals surface area contributed by atoms with E-state index in [2.05, 4.69) is 25.2 Å². The van der Waals surface area contributed by atoms with Crippen molar-refractivity contribution in [3.63, 3.8) is 0 Å². The molecule has 1 fully saturated rings. The largest absolute Gasteiger partial charge is 0.383 e. The second kappa shape index (κ2) is 7.74. The molecular weight excluding hydrogens is 318 g/mol. The molecule has 0 radical (unpaired) electrons. The lowest BCUT2D eigenvalue weighted by Gasteiger charge is -2.33. The van der Waals surface area contributed by atoms with Crippen LogP contribution in [0.25, 0.3) is 11.2 Å². The second-order valence-corrected chi connectivity index (χ2v) is 6.50. The summed E-state index contributed by atoms with van der Waals surface area (Å²) in [6, 6.07) is 2.02. The van der Waals surface area contributed by atoms with Gasteiger partial charge in [0.2, 0.25) is 5.91 Å². The van der Waals surface area contributed by atoms with Crippen LogP contribution in [0.2, 0.25) is 0 Å². The second-order valence-electron chi connectivity index (χ2n) is 6.50. The highest BCUT2D eigenvalue weighted by atomic mass is 16.5. The third kappa shape index (κ3) is 4.04. The molecule has 0 aliphatic carbocycles. The minimum atomic E-state index is -0.00728. The Morgan fingerprint density at radius 1 is 1.36 bits per heavy atom. The number of nitrogens with one attached hydrogen (secondary N) is 1. The van der Waals surface area contributed by atoms with E-state index in [4.69, 9.17) is 4.74 Å². The molecule has 2 aromatic heterocycles.